The van der Waals surface area contributed by atoms with Crippen LogP contribution in [0.15, 0.2) is 24.3 Å². The van der Waals surface area contributed by atoms with E-state index >= 15 is 0 Å². The zero-order valence-electron chi connectivity index (χ0n) is 8.79. The van der Waals surface area contributed by atoms with Gasteiger partial charge >= 0.3 is 0 Å². The number of hydrogen-bond donors (Lipinski definition) is 0. The van der Waals surface area contributed by atoms with E-state index in [2.05, 4.69) is 60.7 Å². The Bertz CT molecular complexity index is 256. The van der Waals surface area contributed by atoms with Crippen molar-refractivity contribution in [1.82, 2.24) is 0 Å². The Labute approximate surface area is 105 Å². The zero-order valence-corrected chi connectivity index (χ0v) is 11.8. The molecule has 0 spiro atoms. The molecule has 0 aliphatic heterocycles. The van der Waals surface area contributed by atoms with E-state index in [1.807, 2.05) is 11.8 Å². The van der Waals surface area contributed by atoms with Crippen LogP contribution < -0.4 is 0 Å². The Balaban J connectivity index is 2.28. The Hall–Kier alpha value is 0.300. The standard InChI is InChI=1S/C12H17IS/c1-3-10(2)8-14-9-11-4-6-12(13)7-5-11/h4-7,10H,3,8-9H2,1-2H3. The topological polar surface area (TPSA) is 0 Å². The van der Waals surface area contributed by atoms with Gasteiger partial charge < -0.3 is 0 Å². The number of hydrogen-bond acceptors (Lipinski definition) is 1. The van der Waals surface area contributed by atoms with E-state index in [4.69, 9.17) is 0 Å². The third-order valence-corrected chi connectivity index (χ3v) is 4.34. The summed E-state index contributed by atoms with van der Waals surface area (Å²) < 4.78 is 1.32. The van der Waals surface area contributed by atoms with Crippen LogP contribution >= 0.6 is 34.4 Å². The molecule has 0 fully saturated rings. The van der Waals surface area contributed by atoms with Crippen LogP contribution in [-0.4, -0.2) is 5.75 Å². The maximum absolute atomic E-state index is 2.34. The van der Waals surface area contributed by atoms with Gasteiger partial charge in [0.25, 0.3) is 0 Å². The van der Waals surface area contributed by atoms with Gasteiger partial charge in [0.15, 0.2) is 0 Å². The molecule has 14 heavy (non-hydrogen) atoms. The predicted octanol–water partition coefficient (Wildman–Crippen LogP) is 4.57. The highest BCUT2D eigenvalue weighted by molar-refractivity contribution is 14.1. The minimum Gasteiger partial charge on any atom is -0.157 e. The first-order chi connectivity index (χ1) is 6.72. The summed E-state index contributed by atoms with van der Waals surface area (Å²) in [5, 5.41) is 0. The molecule has 0 saturated carbocycles. The van der Waals surface area contributed by atoms with Gasteiger partial charge in [0, 0.05) is 9.32 Å². The van der Waals surface area contributed by atoms with Gasteiger partial charge in [0.2, 0.25) is 0 Å². The van der Waals surface area contributed by atoms with E-state index < -0.39 is 0 Å². The van der Waals surface area contributed by atoms with E-state index in [1.54, 1.807) is 0 Å². The van der Waals surface area contributed by atoms with Gasteiger partial charge in [-0.2, -0.15) is 11.8 Å². The quantitative estimate of drug-likeness (QED) is 0.716. The average molecular weight is 320 g/mol. The molecule has 2 heteroatoms. The summed E-state index contributed by atoms with van der Waals surface area (Å²) in [6, 6.07) is 8.82. The van der Waals surface area contributed by atoms with Gasteiger partial charge in [0.05, 0.1) is 0 Å². The molecule has 0 nitrogen and oxygen atoms in total. The van der Waals surface area contributed by atoms with Crippen LogP contribution in [0.4, 0.5) is 0 Å². The van der Waals surface area contributed by atoms with Crippen LogP contribution in [0.5, 0.6) is 0 Å². The Kier molecular flexibility index (Phi) is 5.94. The van der Waals surface area contributed by atoms with Gasteiger partial charge in [-0.05, 0) is 52.0 Å². The second kappa shape index (κ2) is 6.72. The Morgan fingerprint density at radius 1 is 1.29 bits per heavy atom. The van der Waals surface area contributed by atoms with Crippen LogP contribution in [0.2, 0.25) is 0 Å². The number of benzene rings is 1. The van der Waals surface area contributed by atoms with Crippen molar-refractivity contribution in [3.8, 4) is 0 Å². The lowest BCUT2D eigenvalue weighted by Crippen LogP contribution is -1.95. The molecule has 0 aromatic heterocycles. The fourth-order valence-corrected chi connectivity index (χ4v) is 2.62. The van der Waals surface area contributed by atoms with E-state index in [-0.39, 0.29) is 0 Å². The minimum atomic E-state index is 0.851. The molecule has 1 atom stereocenters. The molecule has 0 radical (unpaired) electrons. The molecule has 0 heterocycles. The third-order valence-electron chi connectivity index (χ3n) is 2.28. The molecule has 0 aliphatic carbocycles. The van der Waals surface area contributed by atoms with Crippen LogP contribution in [0.3, 0.4) is 0 Å². The van der Waals surface area contributed by atoms with Crippen molar-refractivity contribution in [3.63, 3.8) is 0 Å². The lowest BCUT2D eigenvalue weighted by Gasteiger charge is -2.07. The summed E-state index contributed by atoms with van der Waals surface area (Å²) >= 11 is 4.39. The van der Waals surface area contributed by atoms with Crippen LogP contribution in [-0.2, 0) is 5.75 Å². The third kappa shape index (κ3) is 4.69. The van der Waals surface area contributed by atoms with Crippen LogP contribution in [0, 0.1) is 9.49 Å². The second-order valence-corrected chi connectivity index (χ2v) is 5.93. The van der Waals surface area contributed by atoms with Crippen molar-refractivity contribution >= 4 is 34.4 Å². The summed E-state index contributed by atoms with van der Waals surface area (Å²) in [7, 11) is 0. The second-order valence-electron chi connectivity index (χ2n) is 3.66. The molecule has 0 amide bonds. The first-order valence-electron chi connectivity index (χ1n) is 5.04. The summed E-state index contributed by atoms with van der Waals surface area (Å²) in [6.45, 7) is 4.58. The first-order valence-corrected chi connectivity index (χ1v) is 7.28. The number of halogens is 1. The van der Waals surface area contributed by atoms with E-state index in [1.165, 1.54) is 21.3 Å². The van der Waals surface area contributed by atoms with Gasteiger partial charge in [-0.25, -0.2) is 0 Å². The lowest BCUT2D eigenvalue weighted by atomic mass is 10.2. The first kappa shape index (κ1) is 12.4. The highest BCUT2D eigenvalue weighted by Gasteiger charge is 1.99. The maximum Gasteiger partial charge on any atom is 0.0184 e. The maximum atomic E-state index is 2.34. The van der Waals surface area contributed by atoms with Crippen molar-refractivity contribution < 1.29 is 0 Å². The number of rotatable bonds is 5. The van der Waals surface area contributed by atoms with Crippen molar-refractivity contribution in [2.24, 2.45) is 5.92 Å². The van der Waals surface area contributed by atoms with Crippen LogP contribution in [0.1, 0.15) is 25.8 Å². The molecule has 78 valence electrons. The van der Waals surface area contributed by atoms with E-state index in [0.29, 0.717) is 0 Å². The highest BCUT2D eigenvalue weighted by Crippen LogP contribution is 2.17. The van der Waals surface area contributed by atoms with Gasteiger partial charge in [-0.3, -0.25) is 0 Å². The summed E-state index contributed by atoms with van der Waals surface area (Å²) in [6.07, 6.45) is 1.29. The van der Waals surface area contributed by atoms with Crippen LogP contribution in [0.25, 0.3) is 0 Å². The molecule has 0 N–H and O–H groups in total. The Morgan fingerprint density at radius 2 is 1.93 bits per heavy atom. The number of thioether (sulfide) groups is 1. The van der Waals surface area contributed by atoms with E-state index in [0.717, 1.165) is 11.7 Å². The SMILES string of the molecule is CCC(C)CSCc1ccc(I)cc1. The minimum absolute atomic E-state index is 0.851. The van der Waals surface area contributed by atoms with Crippen molar-refractivity contribution in [2.75, 3.05) is 5.75 Å². The zero-order chi connectivity index (χ0) is 10.4. The highest BCUT2D eigenvalue weighted by atomic mass is 127. The fraction of sp³-hybridized carbons (Fsp3) is 0.500. The molecule has 1 unspecified atom stereocenters. The molecule has 1 aromatic rings. The van der Waals surface area contributed by atoms with Crippen molar-refractivity contribution in [1.29, 1.82) is 0 Å². The molecule has 1 aromatic carbocycles. The molecule has 0 bridgehead atoms. The lowest BCUT2D eigenvalue weighted by molar-refractivity contribution is 0.637. The predicted molar refractivity (Wildman–Crippen MR) is 74.8 cm³/mol. The monoisotopic (exact) mass is 320 g/mol. The Morgan fingerprint density at radius 3 is 2.50 bits per heavy atom. The van der Waals surface area contributed by atoms with Crippen molar-refractivity contribution in [3.05, 3.63) is 33.4 Å². The summed E-state index contributed by atoms with van der Waals surface area (Å²) in [5.41, 5.74) is 1.44. The van der Waals surface area contributed by atoms with Gasteiger partial charge in [0.1, 0.15) is 0 Å². The molecule has 0 saturated heterocycles. The van der Waals surface area contributed by atoms with Gasteiger partial charge in [-0.1, -0.05) is 32.4 Å². The normalized spacial score (nSPS) is 12.8. The van der Waals surface area contributed by atoms with Crippen molar-refractivity contribution in [2.45, 2.75) is 26.0 Å². The summed E-state index contributed by atoms with van der Waals surface area (Å²) in [5.74, 6) is 3.29. The molecular formula is C12H17IS. The summed E-state index contributed by atoms with van der Waals surface area (Å²) in [4.78, 5) is 0. The smallest absolute Gasteiger partial charge is 0.0184 e. The molecule has 0 aliphatic rings. The van der Waals surface area contributed by atoms with Gasteiger partial charge in [-0.15, -0.1) is 0 Å². The average Bonchev–Trinajstić information content (AvgIpc) is 2.21. The fourth-order valence-electron chi connectivity index (χ4n) is 1.08. The van der Waals surface area contributed by atoms with E-state index in [9.17, 15) is 0 Å². The molecule has 1 rings (SSSR count). The molecular weight excluding hydrogens is 303 g/mol. The largest absolute Gasteiger partial charge is 0.157 e.